The van der Waals surface area contributed by atoms with Crippen LogP contribution in [0, 0.1) is 0 Å². The molecule has 1 amide bonds. The van der Waals surface area contributed by atoms with Crippen LogP contribution in [0.1, 0.15) is 43.0 Å². The van der Waals surface area contributed by atoms with E-state index < -0.39 is 0 Å². The average Bonchev–Trinajstić information content (AvgIpc) is 3.03. The van der Waals surface area contributed by atoms with Crippen LogP contribution in [0.5, 0.6) is 5.75 Å². The van der Waals surface area contributed by atoms with E-state index in [1.807, 2.05) is 35.2 Å². The second kappa shape index (κ2) is 8.69. The van der Waals surface area contributed by atoms with Crippen molar-refractivity contribution in [2.24, 2.45) is 7.05 Å². The van der Waals surface area contributed by atoms with Gasteiger partial charge in [-0.3, -0.25) is 9.59 Å². The third-order valence-electron chi connectivity index (χ3n) is 5.93. The van der Waals surface area contributed by atoms with Crippen molar-refractivity contribution in [1.82, 2.24) is 14.7 Å². The summed E-state index contributed by atoms with van der Waals surface area (Å²) in [5.41, 5.74) is 1.63. The van der Waals surface area contributed by atoms with E-state index in [1.165, 1.54) is 4.68 Å². The molecule has 0 N–H and O–H groups in total. The summed E-state index contributed by atoms with van der Waals surface area (Å²) in [5.74, 6) is 0.861. The summed E-state index contributed by atoms with van der Waals surface area (Å²) in [6.07, 6.45) is 4.35. The summed E-state index contributed by atoms with van der Waals surface area (Å²) in [6.45, 7) is 0.735. The number of amides is 1. The number of likely N-dealkylation sites (tertiary alicyclic amines) is 1. The van der Waals surface area contributed by atoms with Gasteiger partial charge in [0.1, 0.15) is 5.75 Å². The summed E-state index contributed by atoms with van der Waals surface area (Å²) >= 11 is 0. The lowest BCUT2D eigenvalue weighted by Gasteiger charge is -2.31. The van der Waals surface area contributed by atoms with Crippen molar-refractivity contribution >= 4 is 16.7 Å². The molecule has 2 aromatic carbocycles. The number of methoxy groups -OCH3 is 1. The fourth-order valence-electron chi connectivity index (χ4n) is 4.33. The Morgan fingerprint density at radius 3 is 2.53 bits per heavy atom. The summed E-state index contributed by atoms with van der Waals surface area (Å²) in [4.78, 5) is 27.8. The molecular weight excluding hydrogens is 378 g/mol. The van der Waals surface area contributed by atoms with Gasteiger partial charge in [0, 0.05) is 19.0 Å². The Balaban J connectivity index is 1.66. The normalized spacial score (nSPS) is 17.0. The van der Waals surface area contributed by atoms with Crippen LogP contribution in [-0.4, -0.2) is 34.2 Å². The number of hydrogen-bond acceptors (Lipinski definition) is 4. The molecule has 4 rings (SSSR count). The first-order valence-electron chi connectivity index (χ1n) is 10.5. The highest BCUT2D eigenvalue weighted by Crippen LogP contribution is 2.32. The Hall–Kier alpha value is -3.15. The first-order valence-corrected chi connectivity index (χ1v) is 10.5. The van der Waals surface area contributed by atoms with Gasteiger partial charge in [0.15, 0.2) is 0 Å². The van der Waals surface area contributed by atoms with Crippen LogP contribution in [0.2, 0.25) is 0 Å². The molecule has 30 heavy (non-hydrogen) atoms. The van der Waals surface area contributed by atoms with Crippen LogP contribution in [-0.2, 0) is 18.3 Å². The van der Waals surface area contributed by atoms with E-state index in [-0.39, 0.29) is 23.9 Å². The van der Waals surface area contributed by atoms with Crippen molar-refractivity contribution in [3.63, 3.8) is 0 Å². The minimum atomic E-state index is -0.146. The van der Waals surface area contributed by atoms with Gasteiger partial charge >= 0.3 is 0 Å². The van der Waals surface area contributed by atoms with Gasteiger partial charge in [-0.1, -0.05) is 43.2 Å². The maximum absolute atomic E-state index is 13.4. The molecule has 156 valence electrons. The molecule has 1 fully saturated rings. The van der Waals surface area contributed by atoms with Gasteiger partial charge in [0.25, 0.3) is 5.56 Å². The van der Waals surface area contributed by atoms with Gasteiger partial charge in [-0.2, -0.15) is 5.10 Å². The lowest BCUT2D eigenvalue weighted by atomic mass is 10.00. The standard InChI is InChI=1S/C24H27N3O3/c1-26-24(29)20-9-6-5-8-19(20)21(25-26)16-23(28)27-15-7-3-4-10-22(27)17-11-13-18(30-2)14-12-17/h5-6,8-9,11-14,22H,3-4,7,10,15-16H2,1-2H3. The van der Waals surface area contributed by atoms with Crippen LogP contribution >= 0.6 is 0 Å². The van der Waals surface area contributed by atoms with Crippen LogP contribution < -0.4 is 10.3 Å². The van der Waals surface area contributed by atoms with Crippen molar-refractivity contribution in [3.05, 3.63) is 70.1 Å². The maximum atomic E-state index is 13.4. The summed E-state index contributed by atoms with van der Waals surface area (Å²) in [7, 11) is 3.29. The van der Waals surface area contributed by atoms with Crippen molar-refractivity contribution in [2.45, 2.75) is 38.1 Å². The number of carbonyl (C=O) groups excluding carboxylic acids is 1. The molecule has 1 saturated heterocycles. The molecule has 1 aliphatic rings. The highest BCUT2D eigenvalue weighted by atomic mass is 16.5. The molecule has 0 saturated carbocycles. The fraction of sp³-hybridized carbons (Fsp3) is 0.375. The monoisotopic (exact) mass is 405 g/mol. The lowest BCUT2D eigenvalue weighted by Crippen LogP contribution is -2.36. The lowest BCUT2D eigenvalue weighted by molar-refractivity contribution is -0.133. The minimum Gasteiger partial charge on any atom is -0.497 e. The molecule has 3 aromatic rings. The molecular formula is C24H27N3O3. The second-order valence-corrected chi connectivity index (χ2v) is 7.82. The van der Waals surface area contributed by atoms with Gasteiger partial charge in [-0.15, -0.1) is 0 Å². The summed E-state index contributed by atoms with van der Waals surface area (Å²) < 4.78 is 6.61. The second-order valence-electron chi connectivity index (χ2n) is 7.82. The van der Waals surface area contributed by atoms with Crippen molar-refractivity contribution in [3.8, 4) is 5.75 Å². The molecule has 0 radical (unpaired) electrons. The Kier molecular flexibility index (Phi) is 5.84. The number of ether oxygens (including phenoxy) is 1. The third kappa shape index (κ3) is 3.95. The molecule has 1 unspecified atom stereocenters. The fourth-order valence-corrected chi connectivity index (χ4v) is 4.33. The molecule has 1 atom stereocenters. The predicted molar refractivity (Wildman–Crippen MR) is 117 cm³/mol. The number of benzene rings is 2. The molecule has 0 spiro atoms. The molecule has 0 aliphatic carbocycles. The molecule has 1 aliphatic heterocycles. The van der Waals surface area contributed by atoms with Crippen LogP contribution in [0.25, 0.3) is 10.8 Å². The van der Waals surface area contributed by atoms with Crippen molar-refractivity contribution in [1.29, 1.82) is 0 Å². The van der Waals surface area contributed by atoms with Gasteiger partial charge in [-0.25, -0.2) is 4.68 Å². The van der Waals surface area contributed by atoms with E-state index in [1.54, 1.807) is 20.2 Å². The van der Waals surface area contributed by atoms with E-state index in [2.05, 4.69) is 17.2 Å². The number of nitrogens with zero attached hydrogens (tertiary/aromatic N) is 3. The average molecular weight is 405 g/mol. The third-order valence-corrected chi connectivity index (χ3v) is 5.93. The summed E-state index contributed by atoms with van der Waals surface area (Å²) in [6, 6.07) is 15.4. The Morgan fingerprint density at radius 2 is 1.80 bits per heavy atom. The zero-order chi connectivity index (χ0) is 21.1. The SMILES string of the molecule is COc1ccc(C2CCCCCN2C(=O)Cc2nn(C)c(=O)c3ccccc23)cc1. The largest absolute Gasteiger partial charge is 0.497 e. The highest BCUT2D eigenvalue weighted by molar-refractivity contribution is 5.88. The van der Waals surface area contributed by atoms with Crippen molar-refractivity contribution < 1.29 is 9.53 Å². The van der Waals surface area contributed by atoms with Crippen LogP contribution in [0.15, 0.2) is 53.3 Å². The Morgan fingerprint density at radius 1 is 1.07 bits per heavy atom. The zero-order valence-corrected chi connectivity index (χ0v) is 17.5. The van der Waals surface area contributed by atoms with Gasteiger partial charge in [0.2, 0.25) is 5.91 Å². The van der Waals surface area contributed by atoms with Gasteiger partial charge in [0.05, 0.1) is 30.7 Å². The zero-order valence-electron chi connectivity index (χ0n) is 17.5. The van der Waals surface area contributed by atoms with Crippen LogP contribution in [0.4, 0.5) is 0 Å². The maximum Gasteiger partial charge on any atom is 0.274 e. The van der Waals surface area contributed by atoms with Crippen molar-refractivity contribution in [2.75, 3.05) is 13.7 Å². The minimum absolute atomic E-state index is 0.0460. The van der Waals surface area contributed by atoms with Crippen LogP contribution in [0.3, 0.4) is 0 Å². The number of fused-ring (bicyclic) bond motifs is 1. The van der Waals surface area contributed by atoms with Gasteiger partial charge < -0.3 is 9.64 Å². The van der Waals surface area contributed by atoms with E-state index in [0.29, 0.717) is 11.1 Å². The Bertz CT molecular complexity index is 1100. The van der Waals surface area contributed by atoms with Gasteiger partial charge in [-0.05, 0) is 36.6 Å². The highest BCUT2D eigenvalue weighted by Gasteiger charge is 2.27. The quantitative estimate of drug-likeness (QED) is 0.665. The number of hydrogen-bond donors (Lipinski definition) is 0. The number of aromatic nitrogens is 2. The molecule has 6 heteroatoms. The first-order chi connectivity index (χ1) is 14.6. The molecule has 6 nitrogen and oxygen atoms in total. The summed E-state index contributed by atoms with van der Waals surface area (Å²) in [5, 5.41) is 5.77. The first kappa shape index (κ1) is 20.1. The number of aryl methyl sites for hydroxylation is 1. The van der Waals surface area contributed by atoms with E-state index in [4.69, 9.17) is 4.74 Å². The molecule has 0 bridgehead atoms. The van der Waals surface area contributed by atoms with E-state index >= 15 is 0 Å². The van der Waals surface area contributed by atoms with E-state index in [0.717, 1.165) is 48.9 Å². The smallest absolute Gasteiger partial charge is 0.274 e. The predicted octanol–water partition coefficient (Wildman–Crippen LogP) is 3.63. The Labute approximate surface area is 176 Å². The number of rotatable bonds is 4. The van der Waals surface area contributed by atoms with E-state index in [9.17, 15) is 9.59 Å². The number of carbonyl (C=O) groups is 1. The topological polar surface area (TPSA) is 64.4 Å². The molecule has 2 heterocycles. The molecule has 1 aromatic heterocycles.